The monoisotopic (exact) mass is 238 g/mol. The molecule has 0 aromatic rings. The third kappa shape index (κ3) is 5.10. The molecule has 0 aliphatic heterocycles. The number of rotatable bonds is 1. The molecule has 1 aliphatic rings. The van der Waals surface area contributed by atoms with Crippen molar-refractivity contribution in [3.63, 3.8) is 0 Å². The van der Waals surface area contributed by atoms with Crippen molar-refractivity contribution in [2.75, 3.05) is 7.05 Å². The van der Waals surface area contributed by atoms with Crippen LogP contribution >= 0.6 is 0 Å². The highest BCUT2D eigenvalue weighted by Gasteiger charge is 2.21. The Bertz CT molecular complexity index is 235. The van der Waals surface area contributed by atoms with Gasteiger partial charge in [0.05, 0.1) is 5.84 Å². The zero-order valence-electron chi connectivity index (χ0n) is 11.9. The third-order valence-electron chi connectivity index (χ3n) is 4.39. The third-order valence-corrected chi connectivity index (χ3v) is 4.39. The molecule has 1 aliphatic carbocycles. The summed E-state index contributed by atoms with van der Waals surface area (Å²) in [4.78, 5) is 4.22. The average molecular weight is 238 g/mol. The number of amidine groups is 1. The summed E-state index contributed by atoms with van der Waals surface area (Å²) in [5, 5.41) is 0. The molecule has 2 N–H and O–H groups in total. The first kappa shape index (κ1) is 14.5. The summed E-state index contributed by atoms with van der Waals surface area (Å²) in [6, 6.07) is 0. The summed E-state index contributed by atoms with van der Waals surface area (Å²) in [6.07, 6.45) is 10.8. The topological polar surface area (TPSA) is 38.4 Å². The Morgan fingerprint density at radius 1 is 0.941 bits per heavy atom. The highest BCUT2D eigenvalue weighted by atomic mass is 14.8. The summed E-state index contributed by atoms with van der Waals surface area (Å²) >= 11 is 0. The van der Waals surface area contributed by atoms with Gasteiger partial charge in [-0.15, -0.1) is 0 Å². The highest BCUT2D eigenvalue weighted by Crippen LogP contribution is 2.27. The summed E-state index contributed by atoms with van der Waals surface area (Å²) < 4.78 is 0. The summed E-state index contributed by atoms with van der Waals surface area (Å²) in [5.74, 6) is 3.02. The van der Waals surface area contributed by atoms with Gasteiger partial charge in [-0.1, -0.05) is 58.8 Å². The molecule has 0 spiro atoms. The molecule has 0 amide bonds. The molecule has 2 unspecified atom stereocenters. The number of aliphatic imine (C=N–C) groups is 1. The minimum absolute atomic E-state index is 0.522. The van der Waals surface area contributed by atoms with Gasteiger partial charge in [-0.2, -0.15) is 0 Å². The molecule has 0 aromatic heterocycles. The fourth-order valence-electron chi connectivity index (χ4n) is 3.05. The van der Waals surface area contributed by atoms with Crippen molar-refractivity contribution < 1.29 is 0 Å². The Labute approximate surface area is 107 Å². The molecule has 0 radical (unpaired) electrons. The van der Waals surface area contributed by atoms with Crippen LogP contribution in [0.4, 0.5) is 0 Å². The molecule has 3 atom stereocenters. The molecule has 2 nitrogen and oxygen atoms in total. The first-order valence-electron chi connectivity index (χ1n) is 7.37. The predicted molar refractivity (Wildman–Crippen MR) is 76.3 cm³/mol. The second kappa shape index (κ2) is 7.73. The Morgan fingerprint density at radius 2 is 1.47 bits per heavy atom. The predicted octanol–water partition coefficient (Wildman–Crippen LogP) is 4.00. The van der Waals surface area contributed by atoms with Crippen molar-refractivity contribution in [3.8, 4) is 0 Å². The Kier molecular flexibility index (Phi) is 6.61. The lowest BCUT2D eigenvalue weighted by Gasteiger charge is -2.23. The molecule has 1 fully saturated rings. The van der Waals surface area contributed by atoms with Crippen molar-refractivity contribution in [3.05, 3.63) is 0 Å². The Morgan fingerprint density at radius 3 is 2.06 bits per heavy atom. The smallest absolute Gasteiger partial charge is 0.0967 e. The maximum Gasteiger partial charge on any atom is 0.0967 e. The number of hydrogen-bond donors (Lipinski definition) is 1. The van der Waals surface area contributed by atoms with E-state index in [9.17, 15) is 0 Å². The van der Waals surface area contributed by atoms with Crippen molar-refractivity contribution in [2.45, 2.75) is 65.2 Å². The number of nitrogens with zero attached hydrogens (tertiary/aromatic N) is 1. The average Bonchev–Trinajstić information content (AvgIpc) is 2.36. The molecule has 1 saturated carbocycles. The van der Waals surface area contributed by atoms with E-state index in [2.05, 4.69) is 18.8 Å². The number of hydrogen-bond acceptors (Lipinski definition) is 1. The molecule has 0 heterocycles. The van der Waals surface area contributed by atoms with E-state index in [1.165, 1.54) is 51.4 Å². The van der Waals surface area contributed by atoms with Crippen LogP contribution in [0.15, 0.2) is 4.99 Å². The molecule has 1 rings (SSSR count). The van der Waals surface area contributed by atoms with Gasteiger partial charge < -0.3 is 5.73 Å². The van der Waals surface area contributed by atoms with Crippen molar-refractivity contribution >= 4 is 5.84 Å². The molecule has 0 saturated heterocycles. The van der Waals surface area contributed by atoms with Crippen molar-refractivity contribution in [1.82, 2.24) is 0 Å². The SMILES string of the molecule is C/N=C(/N)C1CCCCC(C)CCCC[C@H]1C. The maximum atomic E-state index is 6.07. The zero-order chi connectivity index (χ0) is 12.7. The molecule has 2 heteroatoms. The van der Waals surface area contributed by atoms with Crippen LogP contribution in [0.25, 0.3) is 0 Å². The lowest BCUT2D eigenvalue weighted by atomic mass is 9.85. The normalized spacial score (nSPS) is 34.1. The minimum Gasteiger partial charge on any atom is -0.387 e. The Balaban J connectivity index is 2.57. The molecule has 100 valence electrons. The molecule has 0 bridgehead atoms. The van der Waals surface area contributed by atoms with Gasteiger partial charge in [-0.25, -0.2) is 0 Å². The van der Waals surface area contributed by atoms with Gasteiger partial charge in [-0.05, 0) is 18.3 Å². The number of nitrogens with two attached hydrogens (primary N) is 1. The fourth-order valence-corrected chi connectivity index (χ4v) is 3.05. The quantitative estimate of drug-likeness (QED) is 0.544. The Hall–Kier alpha value is -0.530. The van der Waals surface area contributed by atoms with Crippen LogP contribution in [-0.4, -0.2) is 12.9 Å². The summed E-state index contributed by atoms with van der Waals surface area (Å²) in [6.45, 7) is 4.75. The van der Waals surface area contributed by atoms with Gasteiger partial charge in [0.1, 0.15) is 0 Å². The van der Waals surface area contributed by atoms with Gasteiger partial charge in [-0.3, -0.25) is 4.99 Å². The second-order valence-corrected chi connectivity index (χ2v) is 5.91. The van der Waals surface area contributed by atoms with E-state index in [-0.39, 0.29) is 0 Å². The van der Waals surface area contributed by atoms with E-state index in [0.29, 0.717) is 11.8 Å². The van der Waals surface area contributed by atoms with E-state index < -0.39 is 0 Å². The van der Waals surface area contributed by atoms with Crippen molar-refractivity contribution in [1.29, 1.82) is 0 Å². The van der Waals surface area contributed by atoms with Gasteiger partial charge in [0, 0.05) is 13.0 Å². The van der Waals surface area contributed by atoms with E-state index in [0.717, 1.165) is 11.8 Å². The molecule has 17 heavy (non-hydrogen) atoms. The van der Waals surface area contributed by atoms with Gasteiger partial charge in [0.2, 0.25) is 0 Å². The van der Waals surface area contributed by atoms with Crippen LogP contribution in [-0.2, 0) is 0 Å². The maximum absolute atomic E-state index is 6.07. The van der Waals surface area contributed by atoms with Gasteiger partial charge >= 0.3 is 0 Å². The summed E-state index contributed by atoms with van der Waals surface area (Å²) in [7, 11) is 1.83. The van der Waals surface area contributed by atoms with Gasteiger partial charge in [0.25, 0.3) is 0 Å². The van der Waals surface area contributed by atoms with E-state index in [4.69, 9.17) is 5.73 Å². The fraction of sp³-hybridized carbons (Fsp3) is 0.933. The molecule has 0 aromatic carbocycles. The summed E-state index contributed by atoms with van der Waals surface area (Å²) in [5.41, 5.74) is 6.07. The van der Waals surface area contributed by atoms with E-state index in [1.807, 2.05) is 7.05 Å². The van der Waals surface area contributed by atoms with Crippen LogP contribution in [0.2, 0.25) is 0 Å². The van der Waals surface area contributed by atoms with Crippen LogP contribution in [0.1, 0.15) is 65.2 Å². The van der Waals surface area contributed by atoms with E-state index >= 15 is 0 Å². The first-order valence-corrected chi connectivity index (χ1v) is 7.37. The standard InChI is InChI=1S/C15H30N2/c1-12-8-4-6-10-13(2)14(15(16)17-3)11-7-5-9-12/h12-14H,4-11H2,1-3H3,(H2,16,17)/t12?,13-,14?/m1/s1. The van der Waals surface area contributed by atoms with Crippen LogP contribution < -0.4 is 5.73 Å². The van der Waals surface area contributed by atoms with Gasteiger partial charge in [0.15, 0.2) is 0 Å². The first-order chi connectivity index (χ1) is 8.15. The zero-order valence-corrected chi connectivity index (χ0v) is 11.9. The lowest BCUT2D eigenvalue weighted by molar-refractivity contribution is 0.379. The molecular weight excluding hydrogens is 208 g/mol. The van der Waals surface area contributed by atoms with Crippen molar-refractivity contribution in [2.24, 2.45) is 28.5 Å². The van der Waals surface area contributed by atoms with Crippen LogP contribution in [0.3, 0.4) is 0 Å². The minimum atomic E-state index is 0.522. The highest BCUT2D eigenvalue weighted by molar-refractivity contribution is 5.82. The lowest BCUT2D eigenvalue weighted by Crippen LogP contribution is -2.29. The van der Waals surface area contributed by atoms with Crippen LogP contribution in [0, 0.1) is 17.8 Å². The largest absolute Gasteiger partial charge is 0.387 e. The molecular formula is C15H30N2. The van der Waals surface area contributed by atoms with Crippen LogP contribution in [0.5, 0.6) is 0 Å². The second-order valence-electron chi connectivity index (χ2n) is 5.91. The van der Waals surface area contributed by atoms with E-state index in [1.54, 1.807) is 0 Å².